The van der Waals surface area contributed by atoms with E-state index in [1.807, 2.05) is 12.1 Å². The van der Waals surface area contributed by atoms with Crippen molar-refractivity contribution in [3.8, 4) is 17.3 Å². The van der Waals surface area contributed by atoms with Crippen LogP contribution in [0.1, 0.15) is 16.1 Å². The van der Waals surface area contributed by atoms with E-state index in [0.29, 0.717) is 28.3 Å². The van der Waals surface area contributed by atoms with Gasteiger partial charge in [0.15, 0.2) is 11.5 Å². The third kappa shape index (κ3) is 2.74. The summed E-state index contributed by atoms with van der Waals surface area (Å²) in [6.45, 7) is 0. The molecule has 0 fully saturated rings. The van der Waals surface area contributed by atoms with Crippen molar-refractivity contribution >= 4 is 17.4 Å². The largest absolute Gasteiger partial charge is 0.304 e. The maximum atomic E-state index is 12.3. The van der Waals surface area contributed by atoms with E-state index in [1.54, 1.807) is 24.3 Å². The van der Waals surface area contributed by atoms with Crippen molar-refractivity contribution in [3.63, 3.8) is 0 Å². The van der Waals surface area contributed by atoms with E-state index in [4.69, 9.17) is 0 Å². The first-order chi connectivity index (χ1) is 12.8. The molecule has 0 saturated carbocycles. The summed E-state index contributed by atoms with van der Waals surface area (Å²) < 4.78 is 1.51. The molecule has 0 aliphatic heterocycles. The number of fused-ring (bicyclic) bond motifs is 1. The molecule has 8 heteroatoms. The lowest BCUT2D eigenvalue weighted by atomic mass is 10.1. The van der Waals surface area contributed by atoms with E-state index in [0.717, 1.165) is 0 Å². The second kappa shape index (κ2) is 6.41. The summed E-state index contributed by atoms with van der Waals surface area (Å²) in [5.41, 5.74) is 2.58. The molecule has 0 aliphatic carbocycles. The number of carbonyl (C=O) groups excluding carboxylic acids is 1. The summed E-state index contributed by atoms with van der Waals surface area (Å²) in [6, 6.07) is 12.9. The van der Waals surface area contributed by atoms with E-state index in [-0.39, 0.29) is 5.69 Å². The van der Waals surface area contributed by atoms with Gasteiger partial charge in [-0.25, -0.2) is 9.97 Å². The zero-order valence-corrected chi connectivity index (χ0v) is 13.4. The first-order valence-corrected chi connectivity index (χ1v) is 7.68. The Morgan fingerprint density at radius 1 is 1.08 bits per heavy atom. The highest BCUT2D eigenvalue weighted by Crippen LogP contribution is 2.22. The Hall–Kier alpha value is -4.12. The molecule has 124 valence electrons. The maximum absolute atomic E-state index is 12.3. The third-order valence-corrected chi connectivity index (χ3v) is 3.72. The number of amides is 1. The fraction of sp³-hybridized carbons (Fsp3) is 0. The van der Waals surface area contributed by atoms with Crippen molar-refractivity contribution in [2.24, 2.45) is 0 Å². The molecule has 1 N–H and O–H groups in total. The Kier molecular flexibility index (Phi) is 3.80. The van der Waals surface area contributed by atoms with Gasteiger partial charge in [0, 0.05) is 18.0 Å². The van der Waals surface area contributed by atoms with Crippen LogP contribution in [0.4, 0.5) is 5.82 Å². The monoisotopic (exact) mass is 341 g/mol. The Balaban J connectivity index is 1.74. The van der Waals surface area contributed by atoms with Crippen LogP contribution in [0.2, 0.25) is 0 Å². The third-order valence-electron chi connectivity index (χ3n) is 3.72. The van der Waals surface area contributed by atoms with E-state index in [2.05, 4.69) is 31.4 Å². The van der Waals surface area contributed by atoms with Gasteiger partial charge < -0.3 is 5.32 Å². The molecule has 0 saturated heterocycles. The van der Waals surface area contributed by atoms with Crippen LogP contribution in [0, 0.1) is 11.3 Å². The molecule has 0 unspecified atom stereocenters. The van der Waals surface area contributed by atoms with Gasteiger partial charge in [-0.05, 0) is 18.2 Å². The molecule has 3 aromatic heterocycles. The number of anilines is 1. The minimum absolute atomic E-state index is 0.188. The molecule has 0 aliphatic rings. The molecule has 1 amide bonds. The molecular weight excluding hydrogens is 330 g/mol. The van der Waals surface area contributed by atoms with Crippen molar-refractivity contribution in [2.45, 2.75) is 0 Å². The van der Waals surface area contributed by atoms with Crippen molar-refractivity contribution in [1.82, 2.24) is 24.6 Å². The van der Waals surface area contributed by atoms with Crippen molar-refractivity contribution in [1.29, 1.82) is 5.26 Å². The molecule has 1 aromatic carbocycles. The van der Waals surface area contributed by atoms with Crippen LogP contribution in [0.15, 0.2) is 61.2 Å². The SMILES string of the molecule is N#Cc1ccccc1-c1ccc2ncc(NC(=O)c3cnccn3)n2n1. The minimum atomic E-state index is -0.412. The summed E-state index contributed by atoms with van der Waals surface area (Å²) in [5, 5.41) is 16.5. The number of carbonyl (C=O) groups is 1. The van der Waals surface area contributed by atoms with Crippen LogP contribution >= 0.6 is 0 Å². The van der Waals surface area contributed by atoms with Gasteiger partial charge in [-0.15, -0.1) is 0 Å². The number of rotatable bonds is 3. The predicted octanol–water partition coefficient (Wildman–Crippen LogP) is 2.31. The van der Waals surface area contributed by atoms with Crippen molar-refractivity contribution in [2.75, 3.05) is 5.32 Å². The number of hydrogen-bond donors (Lipinski definition) is 1. The van der Waals surface area contributed by atoms with E-state index in [9.17, 15) is 10.1 Å². The summed E-state index contributed by atoms with van der Waals surface area (Å²) in [5.74, 6) is -0.0172. The number of nitrogens with zero attached hydrogens (tertiary/aromatic N) is 6. The van der Waals surface area contributed by atoms with Gasteiger partial charge in [0.1, 0.15) is 5.69 Å². The molecule has 0 bridgehead atoms. The summed E-state index contributed by atoms with van der Waals surface area (Å²) >= 11 is 0. The van der Waals surface area contributed by atoms with E-state index < -0.39 is 5.91 Å². The molecule has 0 spiro atoms. The Morgan fingerprint density at radius 3 is 2.77 bits per heavy atom. The van der Waals surface area contributed by atoms with Gasteiger partial charge in [0.25, 0.3) is 5.91 Å². The Bertz CT molecular complexity index is 1150. The minimum Gasteiger partial charge on any atom is -0.304 e. The molecule has 4 rings (SSSR count). The topological polar surface area (TPSA) is 109 Å². The fourth-order valence-electron chi connectivity index (χ4n) is 2.50. The molecule has 0 atom stereocenters. The number of hydrogen-bond acceptors (Lipinski definition) is 6. The number of aromatic nitrogens is 5. The molecule has 0 radical (unpaired) electrons. The fourth-order valence-corrected chi connectivity index (χ4v) is 2.50. The van der Waals surface area contributed by atoms with Gasteiger partial charge in [-0.3, -0.25) is 9.78 Å². The van der Waals surface area contributed by atoms with Crippen LogP contribution in [-0.4, -0.2) is 30.5 Å². The van der Waals surface area contributed by atoms with Gasteiger partial charge in [0.2, 0.25) is 0 Å². The zero-order chi connectivity index (χ0) is 17.9. The average Bonchev–Trinajstić information content (AvgIpc) is 3.10. The average molecular weight is 341 g/mol. The van der Waals surface area contributed by atoms with Gasteiger partial charge in [-0.1, -0.05) is 18.2 Å². The Morgan fingerprint density at radius 2 is 1.96 bits per heavy atom. The second-order valence-electron chi connectivity index (χ2n) is 5.33. The van der Waals surface area contributed by atoms with Crippen LogP contribution in [0.3, 0.4) is 0 Å². The number of nitriles is 1. The van der Waals surface area contributed by atoms with Gasteiger partial charge in [0.05, 0.1) is 29.7 Å². The number of benzene rings is 1. The summed E-state index contributed by atoms with van der Waals surface area (Å²) in [7, 11) is 0. The maximum Gasteiger partial charge on any atom is 0.277 e. The van der Waals surface area contributed by atoms with E-state index >= 15 is 0 Å². The van der Waals surface area contributed by atoms with Crippen LogP contribution in [-0.2, 0) is 0 Å². The Labute approximate surface area is 147 Å². The highest BCUT2D eigenvalue weighted by molar-refractivity contribution is 6.02. The van der Waals surface area contributed by atoms with Gasteiger partial charge >= 0.3 is 0 Å². The number of nitrogens with one attached hydrogen (secondary N) is 1. The lowest BCUT2D eigenvalue weighted by Gasteiger charge is -2.06. The summed E-state index contributed by atoms with van der Waals surface area (Å²) in [4.78, 5) is 24.4. The highest BCUT2D eigenvalue weighted by Gasteiger charge is 2.13. The van der Waals surface area contributed by atoms with Crippen molar-refractivity contribution in [3.05, 3.63) is 72.4 Å². The second-order valence-corrected chi connectivity index (χ2v) is 5.33. The lowest BCUT2D eigenvalue weighted by Crippen LogP contribution is -2.15. The molecule has 4 aromatic rings. The standard InChI is InChI=1S/C18H11N7O/c19-9-12-3-1-2-4-13(12)14-5-6-16-22-11-17(25(16)24-14)23-18(26)15-10-20-7-8-21-15/h1-8,10-11H,(H,23,26). The van der Waals surface area contributed by atoms with Crippen LogP contribution in [0.25, 0.3) is 16.9 Å². The highest BCUT2D eigenvalue weighted by atomic mass is 16.2. The van der Waals surface area contributed by atoms with Gasteiger partial charge in [-0.2, -0.15) is 14.9 Å². The molecular formula is C18H11N7O. The van der Waals surface area contributed by atoms with Crippen LogP contribution in [0.5, 0.6) is 0 Å². The predicted molar refractivity (Wildman–Crippen MR) is 93.1 cm³/mol. The molecule has 3 heterocycles. The molecule has 8 nitrogen and oxygen atoms in total. The first-order valence-electron chi connectivity index (χ1n) is 7.68. The lowest BCUT2D eigenvalue weighted by molar-refractivity contribution is 0.102. The van der Waals surface area contributed by atoms with Crippen molar-refractivity contribution < 1.29 is 4.79 Å². The normalized spacial score (nSPS) is 10.4. The quantitative estimate of drug-likeness (QED) is 0.612. The first kappa shape index (κ1) is 15.4. The smallest absolute Gasteiger partial charge is 0.277 e. The van der Waals surface area contributed by atoms with Crippen LogP contribution < -0.4 is 5.32 Å². The molecule has 26 heavy (non-hydrogen) atoms. The van der Waals surface area contributed by atoms with E-state index in [1.165, 1.54) is 29.3 Å². The number of imidazole rings is 1. The zero-order valence-electron chi connectivity index (χ0n) is 13.4. The summed E-state index contributed by atoms with van der Waals surface area (Å²) in [6.07, 6.45) is 5.82.